The lowest BCUT2D eigenvalue weighted by Crippen LogP contribution is -2.49. The number of nitrogens with zero attached hydrogens (tertiary/aromatic N) is 1. The summed E-state index contributed by atoms with van der Waals surface area (Å²) < 4.78 is 0. The molecule has 1 aliphatic carbocycles. The molecule has 1 aliphatic heterocycles. The topological polar surface area (TPSA) is 40.5 Å². The van der Waals surface area contributed by atoms with Crippen molar-refractivity contribution in [3.8, 4) is 0 Å². The van der Waals surface area contributed by atoms with Gasteiger partial charge in [0, 0.05) is 30.6 Å². The number of rotatable bonds is 7. The van der Waals surface area contributed by atoms with Crippen molar-refractivity contribution in [3.63, 3.8) is 0 Å². The molecule has 0 bridgehead atoms. The minimum absolute atomic E-state index is 0.186. The fourth-order valence-electron chi connectivity index (χ4n) is 3.96. The molecule has 1 saturated heterocycles. The van der Waals surface area contributed by atoms with E-state index >= 15 is 0 Å². The standard InChI is InChI=1S/C25H27NO2S/c1-18-13-23(11-12-24(18)21-5-3-2-4-6-21)29-17-20-9-7-19(8-10-20)14-26-15-22(16-26)25(27)28/h2-12,22-23H,13-17H2,1H3,(H,27,28). The van der Waals surface area contributed by atoms with Crippen LogP contribution in [0.5, 0.6) is 0 Å². The van der Waals surface area contributed by atoms with Crippen LogP contribution in [-0.4, -0.2) is 34.3 Å². The van der Waals surface area contributed by atoms with Crippen molar-refractivity contribution < 1.29 is 9.90 Å². The summed E-state index contributed by atoms with van der Waals surface area (Å²) in [4.78, 5) is 13.1. The monoisotopic (exact) mass is 405 g/mol. The Balaban J connectivity index is 1.26. The van der Waals surface area contributed by atoms with E-state index in [1.165, 1.54) is 27.8 Å². The van der Waals surface area contributed by atoms with Crippen molar-refractivity contribution in [1.82, 2.24) is 4.90 Å². The highest BCUT2D eigenvalue weighted by Crippen LogP contribution is 2.33. The average molecular weight is 406 g/mol. The van der Waals surface area contributed by atoms with Gasteiger partial charge in [0.2, 0.25) is 0 Å². The smallest absolute Gasteiger partial charge is 0.309 e. The van der Waals surface area contributed by atoms with E-state index in [0.29, 0.717) is 18.3 Å². The maximum absolute atomic E-state index is 10.9. The van der Waals surface area contributed by atoms with Gasteiger partial charge in [-0.05, 0) is 35.6 Å². The molecule has 2 aromatic carbocycles. The Hall–Kier alpha value is -2.30. The molecule has 1 unspecified atom stereocenters. The Morgan fingerprint density at radius 3 is 2.41 bits per heavy atom. The average Bonchev–Trinajstić information content (AvgIpc) is 2.70. The number of carbonyl (C=O) groups is 1. The molecule has 29 heavy (non-hydrogen) atoms. The molecule has 2 aromatic rings. The number of aliphatic carboxylic acids is 1. The van der Waals surface area contributed by atoms with Gasteiger partial charge >= 0.3 is 5.97 Å². The van der Waals surface area contributed by atoms with E-state index in [2.05, 4.69) is 78.6 Å². The Morgan fingerprint density at radius 1 is 1.07 bits per heavy atom. The van der Waals surface area contributed by atoms with Gasteiger partial charge in [0.05, 0.1) is 5.92 Å². The second kappa shape index (κ2) is 9.02. The fraction of sp³-hybridized carbons (Fsp3) is 0.320. The van der Waals surface area contributed by atoms with Gasteiger partial charge in [-0.15, -0.1) is 11.8 Å². The van der Waals surface area contributed by atoms with E-state index in [9.17, 15) is 4.79 Å². The number of carboxylic acids is 1. The van der Waals surface area contributed by atoms with Crippen molar-refractivity contribution in [2.24, 2.45) is 5.92 Å². The molecule has 0 aromatic heterocycles. The molecule has 0 radical (unpaired) electrons. The number of hydrogen-bond acceptors (Lipinski definition) is 3. The Morgan fingerprint density at radius 2 is 1.76 bits per heavy atom. The Kier molecular flexibility index (Phi) is 6.22. The van der Waals surface area contributed by atoms with Crippen LogP contribution in [0.15, 0.2) is 72.3 Å². The zero-order valence-electron chi connectivity index (χ0n) is 16.8. The third-order valence-corrected chi connectivity index (χ3v) is 6.98. The largest absolute Gasteiger partial charge is 0.481 e. The van der Waals surface area contributed by atoms with E-state index in [1.54, 1.807) is 0 Å². The first-order valence-corrected chi connectivity index (χ1v) is 11.2. The van der Waals surface area contributed by atoms with Crippen molar-refractivity contribution in [2.75, 3.05) is 13.1 Å². The lowest BCUT2D eigenvalue weighted by molar-refractivity contribution is -0.147. The van der Waals surface area contributed by atoms with Crippen LogP contribution >= 0.6 is 11.8 Å². The third kappa shape index (κ3) is 5.01. The van der Waals surface area contributed by atoms with E-state index in [-0.39, 0.29) is 5.92 Å². The zero-order chi connectivity index (χ0) is 20.2. The van der Waals surface area contributed by atoms with Gasteiger partial charge in [0.1, 0.15) is 0 Å². The first kappa shape index (κ1) is 20.0. The normalized spacial score (nSPS) is 20.0. The highest BCUT2D eigenvalue weighted by molar-refractivity contribution is 7.99. The van der Waals surface area contributed by atoms with Gasteiger partial charge < -0.3 is 5.11 Å². The van der Waals surface area contributed by atoms with Gasteiger partial charge in [-0.25, -0.2) is 0 Å². The molecule has 4 rings (SSSR count). The maximum Gasteiger partial charge on any atom is 0.309 e. The van der Waals surface area contributed by atoms with Crippen LogP contribution in [0, 0.1) is 5.92 Å². The molecule has 2 aliphatic rings. The summed E-state index contributed by atoms with van der Waals surface area (Å²) in [6.45, 7) is 4.42. The summed E-state index contributed by atoms with van der Waals surface area (Å²) >= 11 is 1.99. The molecule has 1 N–H and O–H groups in total. The zero-order valence-corrected chi connectivity index (χ0v) is 17.6. The molecule has 0 amide bonds. The van der Waals surface area contributed by atoms with Crippen LogP contribution in [-0.2, 0) is 17.1 Å². The summed E-state index contributed by atoms with van der Waals surface area (Å²) in [5.41, 5.74) is 6.72. The molecule has 150 valence electrons. The van der Waals surface area contributed by atoms with Crippen LogP contribution in [0.3, 0.4) is 0 Å². The molecule has 4 heteroatoms. The molecule has 3 nitrogen and oxygen atoms in total. The number of thioether (sulfide) groups is 1. The van der Waals surface area contributed by atoms with E-state index < -0.39 is 5.97 Å². The van der Waals surface area contributed by atoms with Crippen molar-refractivity contribution in [1.29, 1.82) is 0 Å². The summed E-state index contributed by atoms with van der Waals surface area (Å²) in [7, 11) is 0. The number of benzene rings is 2. The van der Waals surface area contributed by atoms with Gasteiger partial charge in [0.15, 0.2) is 0 Å². The summed E-state index contributed by atoms with van der Waals surface area (Å²) in [5, 5.41) is 9.50. The fourth-order valence-corrected chi connectivity index (χ4v) is 5.11. The minimum Gasteiger partial charge on any atom is -0.481 e. The quantitative estimate of drug-likeness (QED) is 0.684. The molecular formula is C25H27NO2S. The Bertz CT molecular complexity index is 912. The van der Waals surface area contributed by atoms with Crippen molar-refractivity contribution >= 4 is 23.3 Å². The SMILES string of the molecule is CC1=C(c2ccccc2)C=CC(SCc2ccc(CN3CC(C(=O)O)C3)cc2)C1. The molecule has 1 heterocycles. The van der Waals surface area contributed by atoms with Crippen LogP contribution in [0.2, 0.25) is 0 Å². The molecule has 0 spiro atoms. The summed E-state index contributed by atoms with van der Waals surface area (Å²) in [6.07, 6.45) is 5.73. The predicted octanol–water partition coefficient (Wildman–Crippen LogP) is 5.24. The highest BCUT2D eigenvalue weighted by Gasteiger charge is 2.32. The van der Waals surface area contributed by atoms with Crippen molar-refractivity contribution in [3.05, 3.63) is 89.0 Å². The highest BCUT2D eigenvalue weighted by atomic mass is 32.2. The molecule has 1 atom stereocenters. The summed E-state index contributed by atoms with van der Waals surface area (Å²) in [5.74, 6) is 0.147. The first-order valence-electron chi connectivity index (χ1n) is 10.2. The lowest BCUT2D eigenvalue weighted by atomic mass is 9.93. The number of hydrogen-bond donors (Lipinski definition) is 1. The minimum atomic E-state index is -0.675. The lowest BCUT2D eigenvalue weighted by Gasteiger charge is -2.36. The van der Waals surface area contributed by atoms with Gasteiger partial charge in [-0.3, -0.25) is 9.69 Å². The van der Waals surface area contributed by atoms with Gasteiger partial charge in [0.25, 0.3) is 0 Å². The molecule has 1 fully saturated rings. The Labute approximate surface area is 177 Å². The van der Waals surface area contributed by atoms with E-state index in [1.807, 2.05) is 11.8 Å². The molecule has 0 saturated carbocycles. The first-order chi connectivity index (χ1) is 14.1. The van der Waals surface area contributed by atoms with Gasteiger partial charge in [-0.1, -0.05) is 72.3 Å². The third-order valence-electron chi connectivity index (χ3n) is 5.73. The maximum atomic E-state index is 10.9. The second-order valence-electron chi connectivity index (χ2n) is 8.02. The van der Waals surface area contributed by atoms with Crippen molar-refractivity contribution in [2.45, 2.75) is 30.9 Å². The van der Waals surface area contributed by atoms with Gasteiger partial charge in [-0.2, -0.15) is 0 Å². The van der Waals surface area contributed by atoms with Crippen LogP contribution in [0.4, 0.5) is 0 Å². The van der Waals surface area contributed by atoms with Crippen LogP contribution in [0.1, 0.15) is 30.0 Å². The predicted molar refractivity (Wildman–Crippen MR) is 121 cm³/mol. The summed E-state index contributed by atoms with van der Waals surface area (Å²) in [6, 6.07) is 19.4. The number of allylic oxidation sites excluding steroid dienone is 3. The van der Waals surface area contributed by atoms with Crippen LogP contribution in [0.25, 0.3) is 5.57 Å². The van der Waals surface area contributed by atoms with E-state index in [4.69, 9.17) is 5.11 Å². The molecular weight excluding hydrogens is 378 g/mol. The number of likely N-dealkylation sites (tertiary alicyclic amines) is 1. The van der Waals surface area contributed by atoms with E-state index in [0.717, 1.165) is 18.7 Å². The number of carboxylic acid groups (broad SMARTS) is 1. The van der Waals surface area contributed by atoms with Crippen LogP contribution < -0.4 is 0 Å². The second-order valence-corrected chi connectivity index (χ2v) is 9.25.